The largest absolute Gasteiger partial charge is 0.378 e. The average Bonchev–Trinajstić information content (AvgIpc) is 2.36. The van der Waals surface area contributed by atoms with Crippen LogP contribution >= 0.6 is 0 Å². The molecule has 0 aliphatic carbocycles. The van der Waals surface area contributed by atoms with E-state index in [0.29, 0.717) is 26.3 Å². The molecule has 1 heterocycles. The van der Waals surface area contributed by atoms with E-state index in [-0.39, 0.29) is 11.4 Å². The third-order valence-electron chi connectivity index (χ3n) is 2.56. The highest BCUT2D eigenvalue weighted by Gasteiger charge is 2.19. The molecule has 4 nitrogen and oxygen atoms in total. The van der Waals surface area contributed by atoms with E-state index in [4.69, 9.17) is 4.74 Å². The van der Waals surface area contributed by atoms with Gasteiger partial charge in [-0.05, 0) is 12.1 Å². The minimum atomic E-state index is -1.13. The lowest BCUT2D eigenvalue weighted by atomic mass is 10.2. The Balaban J connectivity index is 2.35. The van der Waals surface area contributed by atoms with Crippen molar-refractivity contribution in [2.75, 3.05) is 31.2 Å². The van der Waals surface area contributed by atoms with E-state index in [9.17, 15) is 13.6 Å². The second-order valence-electron chi connectivity index (χ2n) is 3.53. The summed E-state index contributed by atoms with van der Waals surface area (Å²) in [5.74, 6) is -2.12. The first-order valence-corrected chi connectivity index (χ1v) is 5.12. The fourth-order valence-corrected chi connectivity index (χ4v) is 1.71. The van der Waals surface area contributed by atoms with Gasteiger partial charge in [0, 0.05) is 13.1 Å². The molecule has 0 unspecified atom stereocenters. The Kier molecular flexibility index (Phi) is 3.46. The van der Waals surface area contributed by atoms with Gasteiger partial charge in [0.15, 0.2) is 11.6 Å². The highest BCUT2D eigenvalue weighted by molar-refractivity contribution is 5.58. The van der Waals surface area contributed by atoms with Crippen LogP contribution in [0.1, 0.15) is 0 Å². The standard InChI is InChI=1S/C11H10F2N2O2/c12-10-8(14-7-16)1-2-9(11(10)13)15-3-5-17-6-4-15/h1-2H,3-6H2. The molecule has 1 aliphatic rings. The third-order valence-corrected chi connectivity index (χ3v) is 2.56. The number of isocyanates is 1. The Morgan fingerprint density at radius 2 is 1.94 bits per heavy atom. The van der Waals surface area contributed by atoms with Gasteiger partial charge in [0.25, 0.3) is 0 Å². The van der Waals surface area contributed by atoms with E-state index >= 15 is 0 Å². The molecule has 0 aromatic heterocycles. The number of hydrogen-bond acceptors (Lipinski definition) is 4. The quantitative estimate of drug-likeness (QED) is 0.584. The van der Waals surface area contributed by atoms with Crippen molar-refractivity contribution >= 4 is 17.5 Å². The van der Waals surface area contributed by atoms with E-state index in [1.807, 2.05) is 0 Å². The number of benzene rings is 1. The molecule has 0 N–H and O–H groups in total. The Morgan fingerprint density at radius 3 is 2.59 bits per heavy atom. The van der Waals surface area contributed by atoms with Crippen molar-refractivity contribution in [3.63, 3.8) is 0 Å². The minimum absolute atomic E-state index is 0.163. The molecule has 0 amide bonds. The molecule has 0 atom stereocenters. The highest BCUT2D eigenvalue weighted by atomic mass is 19.2. The molecular formula is C11H10F2N2O2. The molecule has 1 fully saturated rings. The Bertz CT molecular complexity index is 467. The molecule has 6 heteroatoms. The number of morpholine rings is 1. The molecule has 0 radical (unpaired) electrons. The van der Waals surface area contributed by atoms with Crippen LogP contribution in [0.3, 0.4) is 0 Å². The molecule has 90 valence electrons. The lowest BCUT2D eigenvalue weighted by Gasteiger charge is -2.29. The Hall–Kier alpha value is -1.78. The molecule has 0 spiro atoms. The third kappa shape index (κ3) is 2.33. The van der Waals surface area contributed by atoms with Crippen LogP contribution in [0.4, 0.5) is 20.2 Å². The maximum Gasteiger partial charge on any atom is 0.240 e. The molecule has 0 bridgehead atoms. The van der Waals surface area contributed by atoms with E-state index in [2.05, 4.69) is 4.99 Å². The molecule has 2 rings (SSSR count). The van der Waals surface area contributed by atoms with Gasteiger partial charge in [0.05, 0.1) is 18.9 Å². The maximum atomic E-state index is 13.7. The highest BCUT2D eigenvalue weighted by Crippen LogP contribution is 2.28. The normalized spacial score (nSPS) is 15.5. The van der Waals surface area contributed by atoms with Crippen LogP contribution in [0.15, 0.2) is 17.1 Å². The first-order chi connectivity index (χ1) is 8.24. The molecule has 1 aromatic carbocycles. The lowest BCUT2D eigenvalue weighted by Crippen LogP contribution is -2.36. The van der Waals surface area contributed by atoms with Crippen molar-refractivity contribution in [2.24, 2.45) is 4.99 Å². The zero-order valence-electron chi connectivity index (χ0n) is 8.95. The number of rotatable bonds is 2. The Morgan fingerprint density at radius 1 is 1.24 bits per heavy atom. The van der Waals surface area contributed by atoms with Gasteiger partial charge in [-0.3, -0.25) is 0 Å². The van der Waals surface area contributed by atoms with Crippen molar-refractivity contribution in [1.82, 2.24) is 0 Å². The van der Waals surface area contributed by atoms with E-state index < -0.39 is 11.6 Å². The monoisotopic (exact) mass is 240 g/mol. The predicted molar refractivity (Wildman–Crippen MR) is 57.2 cm³/mol. The van der Waals surface area contributed by atoms with Crippen LogP contribution in [0, 0.1) is 11.6 Å². The molecule has 1 aliphatic heterocycles. The topological polar surface area (TPSA) is 41.9 Å². The summed E-state index contributed by atoms with van der Waals surface area (Å²) in [6.07, 6.45) is 1.19. The fourth-order valence-electron chi connectivity index (χ4n) is 1.71. The van der Waals surface area contributed by atoms with Gasteiger partial charge >= 0.3 is 0 Å². The van der Waals surface area contributed by atoms with Gasteiger partial charge in [-0.2, -0.15) is 4.99 Å². The summed E-state index contributed by atoms with van der Waals surface area (Å²) in [5.41, 5.74) is -0.176. The molecule has 17 heavy (non-hydrogen) atoms. The zero-order valence-corrected chi connectivity index (χ0v) is 8.95. The summed E-state index contributed by atoms with van der Waals surface area (Å²) in [6, 6.07) is 2.66. The number of hydrogen-bond donors (Lipinski definition) is 0. The molecule has 1 saturated heterocycles. The summed E-state index contributed by atoms with van der Waals surface area (Å²) >= 11 is 0. The second kappa shape index (κ2) is 5.03. The zero-order chi connectivity index (χ0) is 12.3. The average molecular weight is 240 g/mol. The number of aliphatic imine (C=N–C) groups is 1. The Labute approximate surface area is 96.5 Å². The van der Waals surface area contributed by atoms with Crippen LogP contribution in [-0.2, 0) is 9.53 Å². The maximum absolute atomic E-state index is 13.7. The first kappa shape index (κ1) is 11.7. The number of carbonyl (C=O) groups excluding carboxylic acids is 1. The van der Waals surface area contributed by atoms with E-state index in [1.54, 1.807) is 4.90 Å². The number of anilines is 1. The van der Waals surface area contributed by atoms with Crippen molar-refractivity contribution in [2.45, 2.75) is 0 Å². The minimum Gasteiger partial charge on any atom is -0.378 e. The van der Waals surface area contributed by atoms with Gasteiger partial charge in [-0.1, -0.05) is 0 Å². The molecule has 1 aromatic rings. The first-order valence-electron chi connectivity index (χ1n) is 5.12. The summed E-state index contributed by atoms with van der Waals surface area (Å²) in [6.45, 7) is 1.98. The van der Waals surface area contributed by atoms with Gasteiger partial charge in [0.2, 0.25) is 6.08 Å². The van der Waals surface area contributed by atoms with Gasteiger partial charge in [0.1, 0.15) is 5.69 Å². The van der Waals surface area contributed by atoms with Crippen molar-refractivity contribution < 1.29 is 18.3 Å². The number of nitrogens with zero attached hydrogens (tertiary/aromatic N) is 2. The van der Waals surface area contributed by atoms with E-state index in [0.717, 1.165) is 0 Å². The van der Waals surface area contributed by atoms with E-state index in [1.165, 1.54) is 18.2 Å². The van der Waals surface area contributed by atoms with Gasteiger partial charge < -0.3 is 9.64 Å². The predicted octanol–water partition coefficient (Wildman–Crippen LogP) is 1.77. The molecular weight excluding hydrogens is 230 g/mol. The van der Waals surface area contributed by atoms with Crippen molar-refractivity contribution in [1.29, 1.82) is 0 Å². The summed E-state index contributed by atoms with van der Waals surface area (Å²) < 4.78 is 32.3. The van der Waals surface area contributed by atoms with Crippen LogP contribution in [-0.4, -0.2) is 32.4 Å². The van der Waals surface area contributed by atoms with Crippen LogP contribution in [0.5, 0.6) is 0 Å². The van der Waals surface area contributed by atoms with Gasteiger partial charge in [-0.25, -0.2) is 13.6 Å². The van der Waals surface area contributed by atoms with Gasteiger partial charge in [-0.15, -0.1) is 0 Å². The number of ether oxygens (including phenoxy) is 1. The van der Waals surface area contributed by atoms with Crippen LogP contribution < -0.4 is 4.90 Å². The summed E-state index contributed by atoms with van der Waals surface area (Å²) in [4.78, 5) is 14.8. The van der Waals surface area contributed by atoms with Crippen LogP contribution in [0.25, 0.3) is 0 Å². The summed E-state index contributed by atoms with van der Waals surface area (Å²) in [7, 11) is 0. The lowest BCUT2D eigenvalue weighted by molar-refractivity contribution is 0.122. The SMILES string of the molecule is O=C=Nc1ccc(N2CCOCC2)c(F)c1F. The van der Waals surface area contributed by atoms with Crippen LogP contribution in [0.2, 0.25) is 0 Å². The van der Waals surface area contributed by atoms with Crippen molar-refractivity contribution in [3.05, 3.63) is 23.8 Å². The molecule has 0 saturated carbocycles. The fraction of sp³-hybridized carbons (Fsp3) is 0.364. The smallest absolute Gasteiger partial charge is 0.240 e. The second-order valence-corrected chi connectivity index (χ2v) is 3.53. The van der Waals surface area contributed by atoms with Crippen molar-refractivity contribution in [3.8, 4) is 0 Å². The summed E-state index contributed by atoms with van der Waals surface area (Å²) in [5, 5.41) is 0. The number of halogens is 2.